The van der Waals surface area contributed by atoms with Crippen LogP contribution in [0.2, 0.25) is 0 Å². The van der Waals surface area contributed by atoms with Crippen molar-refractivity contribution in [1.29, 1.82) is 0 Å². The molecule has 2 fully saturated rings. The van der Waals surface area contributed by atoms with E-state index in [9.17, 15) is 19.2 Å². The lowest BCUT2D eigenvalue weighted by Gasteiger charge is -2.32. The zero-order valence-corrected chi connectivity index (χ0v) is 27.5. The summed E-state index contributed by atoms with van der Waals surface area (Å²) in [5, 5.41) is 13.0. The van der Waals surface area contributed by atoms with Crippen molar-refractivity contribution in [1.82, 2.24) is 14.8 Å². The minimum atomic E-state index is -1.03. The third-order valence-corrected chi connectivity index (χ3v) is 9.59. The van der Waals surface area contributed by atoms with Gasteiger partial charge in [0.05, 0.1) is 11.2 Å². The van der Waals surface area contributed by atoms with Crippen LogP contribution in [0.15, 0.2) is 78.9 Å². The van der Waals surface area contributed by atoms with Crippen molar-refractivity contribution in [3.05, 3.63) is 95.6 Å². The average molecular weight is 647 g/mol. The molecule has 3 aromatic carbocycles. The highest BCUT2D eigenvalue weighted by Crippen LogP contribution is 2.44. The Labute approximate surface area is 280 Å². The van der Waals surface area contributed by atoms with Crippen molar-refractivity contribution in [2.24, 2.45) is 0 Å². The Bertz CT molecular complexity index is 1850. The number of amides is 3. The first-order valence-electron chi connectivity index (χ1n) is 16.8. The van der Waals surface area contributed by atoms with Gasteiger partial charge in [-0.1, -0.05) is 67.8 Å². The molecular formula is C39H42N4O5. The number of aromatic nitrogens is 1. The summed E-state index contributed by atoms with van der Waals surface area (Å²) < 4.78 is 2.08. The fourth-order valence-electron chi connectivity index (χ4n) is 7.11. The molecule has 248 valence electrons. The Balaban J connectivity index is 1.32. The van der Waals surface area contributed by atoms with Crippen LogP contribution in [0.5, 0.6) is 0 Å². The number of carbonyl (C=O) groups is 4. The molecule has 1 atom stereocenters. The van der Waals surface area contributed by atoms with Gasteiger partial charge in [-0.15, -0.1) is 0 Å². The Kier molecular flexibility index (Phi) is 9.75. The van der Waals surface area contributed by atoms with E-state index >= 15 is 0 Å². The van der Waals surface area contributed by atoms with Gasteiger partial charge in [0.1, 0.15) is 12.6 Å². The predicted molar refractivity (Wildman–Crippen MR) is 188 cm³/mol. The van der Waals surface area contributed by atoms with Gasteiger partial charge in [0.2, 0.25) is 11.8 Å². The molecule has 1 aliphatic carbocycles. The lowest BCUT2D eigenvalue weighted by atomic mass is 9.82. The number of carbonyl (C=O) groups excluding carboxylic acids is 3. The molecule has 1 unspecified atom stereocenters. The summed E-state index contributed by atoms with van der Waals surface area (Å²) in [4.78, 5) is 54.7. The van der Waals surface area contributed by atoms with Gasteiger partial charge in [-0.2, -0.15) is 0 Å². The second-order valence-corrected chi connectivity index (χ2v) is 13.0. The van der Waals surface area contributed by atoms with Crippen LogP contribution in [0, 0.1) is 0 Å². The fraction of sp³-hybridized carbons (Fsp3) is 0.333. The number of rotatable bonds is 9. The quantitative estimate of drug-likeness (QED) is 0.203. The zero-order chi connectivity index (χ0) is 33.8. The molecule has 1 aliphatic heterocycles. The van der Waals surface area contributed by atoms with E-state index in [0.717, 1.165) is 47.5 Å². The lowest BCUT2D eigenvalue weighted by Crippen LogP contribution is -2.52. The first-order chi connectivity index (χ1) is 23.2. The third-order valence-electron chi connectivity index (χ3n) is 9.59. The van der Waals surface area contributed by atoms with E-state index in [1.807, 2.05) is 36.4 Å². The van der Waals surface area contributed by atoms with Gasteiger partial charge < -0.3 is 24.8 Å². The van der Waals surface area contributed by atoms with Crippen LogP contribution in [0.25, 0.3) is 28.2 Å². The molecule has 1 saturated heterocycles. The van der Waals surface area contributed by atoms with Crippen molar-refractivity contribution in [2.75, 3.05) is 25.5 Å². The molecule has 2 heterocycles. The highest BCUT2D eigenvalue weighted by atomic mass is 16.4. The van der Waals surface area contributed by atoms with Gasteiger partial charge in [-0.05, 0) is 78.6 Å². The molecular weight excluding hydrogens is 604 g/mol. The van der Waals surface area contributed by atoms with Gasteiger partial charge in [0.25, 0.3) is 5.91 Å². The van der Waals surface area contributed by atoms with Crippen LogP contribution in [-0.4, -0.2) is 64.9 Å². The topological polar surface area (TPSA) is 112 Å². The molecule has 2 N–H and O–H groups in total. The van der Waals surface area contributed by atoms with E-state index in [1.54, 1.807) is 48.2 Å². The summed E-state index contributed by atoms with van der Waals surface area (Å²) in [5.41, 5.74) is 6.01. The highest BCUT2D eigenvalue weighted by molar-refractivity contribution is 6.05. The Morgan fingerprint density at radius 2 is 1.65 bits per heavy atom. The number of fused-ring (bicyclic) bond motifs is 1. The van der Waals surface area contributed by atoms with E-state index in [0.29, 0.717) is 35.7 Å². The SMILES string of the molecule is CN(C)C(=O)Cn1c(-c2ccccc2)c(C2CCCCC2)c2ccc(C(=O)NC3CCCN(c4ccc(/C=C/C(=O)O)cc4)C3=O)cc21. The number of benzene rings is 3. The van der Waals surface area contributed by atoms with Crippen LogP contribution in [-0.2, 0) is 20.9 Å². The van der Waals surface area contributed by atoms with E-state index < -0.39 is 12.0 Å². The minimum Gasteiger partial charge on any atom is -0.478 e. The first kappa shape index (κ1) is 32.7. The van der Waals surface area contributed by atoms with E-state index in [2.05, 4.69) is 22.0 Å². The molecule has 9 heteroatoms. The van der Waals surface area contributed by atoms with E-state index in [1.165, 1.54) is 30.9 Å². The number of likely N-dealkylation sites (N-methyl/N-ethyl adjacent to an activating group) is 1. The number of nitrogens with zero attached hydrogens (tertiary/aromatic N) is 3. The van der Waals surface area contributed by atoms with Gasteiger partial charge in [-0.3, -0.25) is 14.4 Å². The first-order valence-corrected chi connectivity index (χ1v) is 16.8. The minimum absolute atomic E-state index is 0.0343. The second kappa shape index (κ2) is 14.3. The van der Waals surface area contributed by atoms with Crippen molar-refractivity contribution in [3.8, 4) is 11.3 Å². The summed E-state index contributed by atoms with van der Waals surface area (Å²) in [6, 6.07) is 22.4. The molecule has 4 aromatic rings. The van der Waals surface area contributed by atoms with Crippen molar-refractivity contribution >= 4 is 46.4 Å². The maximum absolute atomic E-state index is 13.8. The van der Waals surface area contributed by atoms with Crippen LogP contribution in [0.3, 0.4) is 0 Å². The van der Waals surface area contributed by atoms with Crippen LogP contribution < -0.4 is 10.2 Å². The van der Waals surface area contributed by atoms with Crippen molar-refractivity contribution in [2.45, 2.75) is 63.5 Å². The molecule has 0 radical (unpaired) electrons. The normalized spacial score (nSPS) is 17.2. The Morgan fingerprint density at radius 1 is 0.917 bits per heavy atom. The molecule has 6 rings (SSSR count). The smallest absolute Gasteiger partial charge is 0.328 e. The zero-order valence-electron chi connectivity index (χ0n) is 27.5. The molecule has 1 saturated carbocycles. The molecule has 9 nitrogen and oxygen atoms in total. The number of hydrogen-bond acceptors (Lipinski definition) is 4. The van der Waals surface area contributed by atoms with Crippen LogP contribution >= 0.6 is 0 Å². The van der Waals surface area contributed by atoms with Crippen molar-refractivity contribution in [3.63, 3.8) is 0 Å². The number of aliphatic carboxylic acids is 1. The molecule has 2 aliphatic rings. The summed E-state index contributed by atoms with van der Waals surface area (Å²) in [6.07, 6.45) is 9.55. The summed E-state index contributed by atoms with van der Waals surface area (Å²) in [7, 11) is 3.51. The number of piperidine rings is 1. The second-order valence-electron chi connectivity index (χ2n) is 13.0. The summed E-state index contributed by atoms with van der Waals surface area (Å²) in [5.74, 6) is -1.22. The van der Waals surface area contributed by atoms with Crippen LogP contribution in [0.1, 0.15) is 72.3 Å². The number of anilines is 1. The molecule has 1 aromatic heterocycles. The Hall–Kier alpha value is -5.18. The Morgan fingerprint density at radius 3 is 2.33 bits per heavy atom. The average Bonchev–Trinajstić information content (AvgIpc) is 3.42. The molecule has 48 heavy (non-hydrogen) atoms. The lowest BCUT2D eigenvalue weighted by molar-refractivity contribution is -0.131. The van der Waals surface area contributed by atoms with Gasteiger partial charge >= 0.3 is 5.97 Å². The molecule has 0 bridgehead atoms. The summed E-state index contributed by atoms with van der Waals surface area (Å²) in [6.45, 7) is 0.674. The maximum atomic E-state index is 13.8. The molecule has 0 spiro atoms. The van der Waals surface area contributed by atoms with Crippen LogP contribution in [0.4, 0.5) is 5.69 Å². The van der Waals surface area contributed by atoms with E-state index in [-0.39, 0.29) is 24.3 Å². The standard InChI is InChI=1S/C39H42N4O5/c1-41(2)34(44)25-43-33-24-29(18-21-31(33)36(27-10-5-3-6-11-27)37(43)28-12-7-4-8-13-28)38(47)40-32-14-9-23-42(39(32)48)30-19-15-26(16-20-30)17-22-35(45)46/h4,7-8,12-13,15-22,24,27,32H,3,5-6,9-11,14,23,25H2,1-2H3,(H,40,47)(H,45,46)/b22-17+. The maximum Gasteiger partial charge on any atom is 0.328 e. The van der Waals surface area contributed by atoms with Gasteiger partial charge in [0.15, 0.2) is 0 Å². The van der Waals surface area contributed by atoms with E-state index in [4.69, 9.17) is 5.11 Å². The number of hydrogen-bond donors (Lipinski definition) is 2. The third kappa shape index (κ3) is 6.90. The van der Waals surface area contributed by atoms with Crippen molar-refractivity contribution < 1.29 is 24.3 Å². The fourth-order valence-corrected chi connectivity index (χ4v) is 7.11. The van der Waals surface area contributed by atoms with Gasteiger partial charge in [-0.25, -0.2) is 4.79 Å². The number of nitrogens with one attached hydrogen (secondary N) is 1. The predicted octanol–water partition coefficient (Wildman–Crippen LogP) is 6.47. The number of carboxylic acid groups (broad SMARTS) is 1. The van der Waals surface area contributed by atoms with Gasteiger partial charge in [0, 0.05) is 43.4 Å². The number of carboxylic acids is 1. The monoisotopic (exact) mass is 646 g/mol. The summed E-state index contributed by atoms with van der Waals surface area (Å²) >= 11 is 0. The highest BCUT2D eigenvalue weighted by Gasteiger charge is 2.32. The largest absolute Gasteiger partial charge is 0.478 e. The molecule has 3 amide bonds.